The normalized spacial score (nSPS) is 11.8. The lowest BCUT2D eigenvalue weighted by molar-refractivity contribution is 0.366. The lowest BCUT2D eigenvalue weighted by Crippen LogP contribution is -2.24. The SMILES string of the molecule is CC(C)(C)n1ncc2c(=O)[nH]c(NCCc3cccc(Cl)c3)nc21. The fraction of sp³-hybridized carbons (Fsp3) is 0.353. The number of nitrogens with zero attached hydrogens (tertiary/aromatic N) is 3. The van der Waals surface area contributed by atoms with E-state index in [9.17, 15) is 4.79 Å². The number of benzene rings is 1. The van der Waals surface area contributed by atoms with Gasteiger partial charge in [-0.3, -0.25) is 9.78 Å². The number of H-pyrrole nitrogens is 1. The second kappa shape index (κ2) is 6.28. The van der Waals surface area contributed by atoms with E-state index in [4.69, 9.17) is 11.6 Å². The van der Waals surface area contributed by atoms with Gasteiger partial charge in [0, 0.05) is 11.6 Å². The molecule has 0 saturated heterocycles. The minimum Gasteiger partial charge on any atom is -0.355 e. The predicted molar refractivity (Wildman–Crippen MR) is 96.8 cm³/mol. The molecule has 2 aromatic heterocycles. The van der Waals surface area contributed by atoms with Crippen molar-refractivity contribution in [3.8, 4) is 0 Å². The summed E-state index contributed by atoms with van der Waals surface area (Å²) in [5.74, 6) is 0.445. The molecule has 0 spiro atoms. The summed E-state index contributed by atoms with van der Waals surface area (Å²) in [4.78, 5) is 19.5. The molecule has 1 aromatic carbocycles. The standard InChI is InChI=1S/C17H20ClN5O/c1-17(2,3)23-14-13(10-20-23)15(24)22-16(21-14)19-8-7-11-5-4-6-12(18)9-11/h4-6,9-10H,7-8H2,1-3H3,(H2,19,21,22,24). The fourth-order valence-electron chi connectivity index (χ4n) is 2.51. The maximum atomic E-state index is 12.2. The molecule has 24 heavy (non-hydrogen) atoms. The van der Waals surface area contributed by atoms with E-state index >= 15 is 0 Å². The average Bonchev–Trinajstić information content (AvgIpc) is 2.92. The van der Waals surface area contributed by atoms with Gasteiger partial charge >= 0.3 is 0 Å². The van der Waals surface area contributed by atoms with Crippen LogP contribution in [-0.4, -0.2) is 26.3 Å². The van der Waals surface area contributed by atoms with Gasteiger partial charge < -0.3 is 5.32 Å². The Hall–Kier alpha value is -2.34. The summed E-state index contributed by atoms with van der Waals surface area (Å²) in [5, 5.41) is 8.67. The summed E-state index contributed by atoms with van der Waals surface area (Å²) in [6.07, 6.45) is 2.34. The van der Waals surface area contributed by atoms with Gasteiger partial charge in [0.25, 0.3) is 5.56 Å². The molecule has 0 bridgehead atoms. The highest BCUT2D eigenvalue weighted by molar-refractivity contribution is 6.30. The van der Waals surface area contributed by atoms with E-state index in [1.807, 2.05) is 45.0 Å². The van der Waals surface area contributed by atoms with E-state index in [0.29, 0.717) is 23.5 Å². The van der Waals surface area contributed by atoms with Crippen molar-refractivity contribution in [3.05, 3.63) is 51.4 Å². The molecule has 0 aliphatic carbocycles. The van der Waals surface area contributed by atoms with E-state index in [0.717, 1.165) is 17.0 Å². The Morgan fingerprint density at radius 2 is 2.12 bits per heavy atom. The van der Waals surface area contributed by atoms with Gasteiger partial charge in [0.2, 0.25) is 5.95 Å². The summed E-state index contributed by atoms with van der Waals surface area (Å²) in [6, 6.07) is 7.71. The van der Waals surface area contributed by atoms with Crippen LogP contribution in [0.2, 0.25) is 5.02 Å². The van der Waals surface area contributed by atoms with Crippen molar-refractivity contribution in [2.75, 3.05) is 11.9 Å². The highest BCUT2D eigenvalue weighted by Crippen LogP contribution is 2.18. The van der Waals surface area contributed by atoms with E-state index in [-0.39, 0.29) is 11.1 Å². The second-order valence-electron chi connectivity index (χ2n) is 6.69. The molecule has 2 heterocycles. The van der Waals surface area contributed by atoms with Crippen molar-refractivity contribution in [2.45, 2.75) is 32.7 Å². The van der Waals surface area contributed by atoms with Crippen molar-refractivity contribution >= 4 is 28.6 Å². The van der Waals surface area contributed by atoms with Crippen LogP contribution in [0.5, 0.6) is 0 Å². The first-order chi connectivity index (χ1) is 11.3. The molecule has 0 aliphatic rings. The number of nitrogens with one attached hydrogen (secondary N) is 2. The number of fused-ring (bicyclic) bond motifs is 1. The summed E-state index contributed by atoms with van der Waals surface area (Å²) >= 11 is 5.98. The molecule has 0 fully saturated rings. The zero-order valence-electron chi connectivity index (χ0n) is 13.9. The topological polar surface area (TPSA) is 75.6 Å². The molecular formula is C17H20ClN5O. The van der Waals surface area contributed by atoms with Crippen LogP contribution in [0.25, 0.3) is 11.0 Å². The quantitative estimate of drug-likeness (QED) is 0.761. The van der Waals surface area contributed by atoms with Crippen molar-refractivity contribution in [2.24, 2.45) is 0 Å². The Morgan fingerprint density at radius 3 is 2.83 bits per heavy atom. The van der Waals surface area contributed by atoms with Crippen LogP contribution in [-0.2, 0) is 12.0 Å². The molecule has 126 valence electrons. The molecule has 6 nitrogen and oxygen atoms in total. The largest absolute Gasteiger partial charge is 0.355 e. The Bertz CT molecular complexity index is 923. The Kier molecular flexibility index (Phi) is 4.32. The Labute approximate surface area is 144 Å². The number of anilines is 1. The molecule has 3 rings (SSSR count). The van der Waals surface area contributed by atoms with Crippen molar-refractivity contribution < 1.29 is 0 Å². The lowest BCUT2D eigenvalue weighted by Gasteiger charge is -2.19. The van der Waals surface area contributed by atoms with E-state index in [1.165, 1.54) is 0 Å². The predicted octanol–water partition coefficient (Wildman–Crippen LogP) is 3.18. The van der Waals surface area contributed by atoms with Crippen LogP contribution in [0.1, 0.15) is 26.3 Å². The van der Waals surface area contributed by atoms with Gasteiger partial charge in [0.15, 0.2) is 5.65 Å². The molecule has 3 aromatic rings. The second-order valence-corrected chi connectivity index (χ2v) is 7.12. The molecular weight excluding hydrogens is 326 g/mol. The number of aromatic nitrogens is 4. The molecule has 0 atom stereocenters. The zero-order valence-corrected chi connectivity index (χ0v) is 14.7. The third-order valence-corrected chi connectivity index (χ3v) is 3.90. The van der Waals surface area contributed by atoms with Gasteiger partial charge in [0.05, 0.1) is 11.7 Å². The van der Waals surface area contributed by atoms with E-state index in [1.54, 1.807) is 10.9 Å². The van der Waals surface area contributed by atoms with Crippen LogP contribution in [0.4, 0.5) is 5.95 Å². The number of rotatable bonds is 4. The molecule has 0 saturated carbocycles. The van der Waals surface area contributed by atoms with Gasteiger partial charge in [-0.2, -0.15) is 10.1 Å². The number of hydrogen-bond acceptors (Lipinski definition) is 4. The third kappa shape index (κ3) is 3.43. The first-order valence-electron chi connectivity index (χ1n) is 7.81. The summed E-state index contributed by atoms with van der Waals surface area (Å²) in [6.45, 7) is 6.70. The van der Waals surface area contributed by atoms with E-state index in [2.05, 4.69) is 20.4 Å². The molecule has 0 radical (unpaired) electrons. The van der Waals surface area contributed by atoms with Crippen LogP contribution in [0.3, 0.4) is 0 Å². The van der Waals surface area contributed by atoms with Crippen molar-refractivity contribution in [1.82, 2.24) is 19.7 Å². The van der Waals surface area contributed by atoms with Crippen LogP contribution >= 0.6 is 11.6 Å². The monoisotopic (exact) mass is 345 g/mol. The van der Waals surface area contributed by atoms with E-state index < -0.39 is 0 Å². The fourth-order valence-corrected chi connectivity index (χ4v) is 2.72. The van der Waals surface area contributed by atoms with Gasteiger partial charge in [0.1, 0.15) is 5.39 Å². The lowest BCUT2D eigenvalue weighted by atomic mass is 10.1. The first kappa shape index (κ1) is 16.5. The highest BCUT2D eigenvalue weighted by atomic mass is 35.5. The summed E-state index contributed by atoms with van der Waals surface area (Å²) in [5.41, 5.74) is 1.26. The van der Waals surface area contributed by atoms with Gasteiger partial charge in [-0.1, -0.05) is 23.7 Å². The summed E-state index contributed by atoms with van der Waals surface area (Å²) in [7, 11) is 0. The summed E-state index contributed by atoms with van der Waals surface area (Å²) < 4.78 is 1.76. The molecule has 2 N–H and O–H groups in total. The van der Waals surface area contributed by atoms with Crippen molar-refractivity contribution in [3.63, 3.8) is 0 Å². The van der Waals surface area contributed by atoms with Crippen LogP contribution in [0, 0.1) is 0 Å². The Morgan fingerprint density at radius 1 is 1.33 bits per heavy atom. The molecule has 7 heteroatoms. The van der Waals surface area contributed by atoms with Gasteiger partial charge in [-0.05, 0) is 44.9 Å². The van der Waals surface area contributed by atoms with Gasteiger partial charge in [-0.15, -0.1) is 0 Å². The molecule has 0 amide bonds. The molecule has 0 aliphatic heterocycles. The van der Waals surface area contributed by atoms with Crippen LogP contribution < -0.4 is 10.9 Å². The maximum absolute atomic E-state index is 12.2. The Balaban J connectivity index is 1.81. The minimum absolute atomic E-state index is 0.194. The van der Waals surface area contributed by atoms with Gasteiger partial charge in [-0.25, -0.2) is 4.68 Å². The minimum atomic E-state index is -0.249. The number of halogens is 1. The number of hydrogen-bond donors (Lipinski definition) is 2. The van der Waals surface area contributed by atoms with Crippen LogP contribution in [0.15, 0.2) is 35.3 Å². The molecule has 0 unspecified atom stereocenters. The van der Waals surface area contributed by atoms with Crippen molar-refractivity contribution in [1.29, 1.82) is 0 Å². The number of aromatic amines is 1. The smallest absolute Gasteiger partial charge is 0.263 e. The maximum Gasteiger partial charge on any atom is 0.263 e. The highest BCUT2D eigenvalue weighted by Gasteiger charge is 2.19. The third-order valence-electron chi connectivity index (χ3n) is 3.67. The average molecular weight is 346 g/mol. The first-order valence-corrected chi connectivity index (χ1v) is 8.19. The zero-order chi connectivity index (χ0) is 17.3.